The van der Waals surface area contributed by atoms with Crippen LogP contribution in [0.15, 0.2) is 24.3 Å². The molecule has 2 fully saturated rings. The van der Waals surface area contributed by atoms with Crippen molar-refractivity contribution < 1.29 is 18.8 Å². The molecule has 1 saturated carbocycles. The van der Waals surface area contributed by atoms with E-state index in [2.05, 4.69) is 14.1 Å². The molecular formula is C19H28NO3+. The van der Waals surface area contributed by atoms with Crippen LogP contribution in [0.5, 0.6) is 5.75 Å². The van der Waals surface area contributed by atoms with Gasteiger partial charge < -0.3 is 14.0 Å². The number of hydrogen-bond donors (Lipinski definition) is 0. The molecule has 23 heavy (non-hydrogen) atoms. The second-order valence-electron chi connectivity index (χ2n) is 7.72. The number of carbonyl (C=O) groups excluding carboxylic acids is 1. The maximum atomic E-state index is 12.3. The summed E-state index contributed by atoms with van der Waals surface area (Å²) >= 11 is 0. The largest absolute Gasteiger partial charge is 0.497 e. The van der Waals surface area contributed by atoms with Crippen molar-refractivity contribution in [3.63, 3.8) is 0 Å². The molecule has 0 amide bonds. The third-order valence-corrected chi connectivity index (χ3v) is 5.53. The Morgan fingerprint density at radius 3 is 2.52 bits per heavy atom. The van der Waals surface area contributed by atoms with Crippen molar-refractivity contribution in [1.29, 1.82) is 0 Å². The standard InChI is InChI=1S/C19H28NO3/c1-20(2)11-10-14-4-9-18(12-16(14)13-20)23-19(21)15-5-7-17(22-3)8-6-15/h5-8,14,16,18H,4,9-13H2,1-3H3/q+1/t14-,16+,18-/m0/s1. The number of piperidine rings is 1. The topological polar surface area (TPSA) is 35.5 Å². The number of hydrogen-bond acceptors (Lipinski definition) is 3. The first-order valence-corrected chi connectivity index (χ1v) is 8.64. The van der Waals surface area contributed by atoms with Crippen molar-refractivity contribution >= 4 is 5.97 Å². The predicted molar refractivity (Wildman–Crippen MR) is 89.5 cm³/mol. The summed E-state index contributed by atoms with van der Waals surface area (Å²) in [7, 11) is 6.24. The summed E-state index contributed by atoms with van der Waals surface area (Å²) in [5, 5.41) is 0. The molecule has 0 radical (unpaired) electrons. The van der Waals surface area contributed by atoms with Crippen molar-refractivity contribution in [3.05, 3.63) is 29.8 Å². The molecule has 1 aliphatic carbocycles. The van der Waals surface area contributed by atoms with E-state index in [9.17, 15) is 4.79 Å². The van der Waals surface area contributed by atoms with Gasteiger partial charge in [-0.05, 0) is 55.9 Å². The van der Waals surface area contributed by atoms with Crippen LogP contribution in [0.1, 0.15) is 36.0 Å². The van der Waals surface area contributed by atoms with Crippen molar-refractivity contribution in [2.45, 2.75) is 31.8 Å². The minimum atomic E-state index is -0.208. The normalized spacial score (nSPS) is 29.4. The first-order chi connectivity index (χ1) is 11.0. The van der Waals surface area contributed by atoms with Crippen LogP contribution >= 0.6 is 0 Å². The Hall–Kier alpha value is -1.55. The Kier molecular flexibility index (Phi) is 4.62. The molecule has 4 heteroatoms. The van der Waals surface area contributed by atoms with Crippen molar-refractivity contribution in [1.82, 2.24) is 0 Å². The monoisotopic (exact) mass is 318 g/mol. The Morgan fingerprint density at radius 2 is 1.83 bits per heavy atom. The van der Waals surface area contributed by atoms with E-state index in [1.807, 2.05) is 0 Å². The van der Waals surface area contributed by atoms with Gasteiger partial charge in [-0.15, -0.1) is 0 Å². The summed E-state index contributed by atoms with van der Waals surface area (Å²) in [6.07, 6.45) is 4.62. The third kappa shape index (κ3) is 3.86. The predicted octanol–water partition coefficient (Wildman–Crippen LogP) is 3.12. The van der Waals surface area contributed by atoms with Crippen LogP contribution < -0.4 is 4.74 Å². The molecular weight excluding hydrogens is 290 g/mol. The number of nitrogens with zero attached hydrogens (tertiary/aromatic N) is 1. The first-order valence-electron chi connectivity index (χ1n) is 8.64. The number of esters is 1. The highest BCUT2D eigenvalue weighted by Gasteiger charge is 2.40. The molecule has 1 heterocycles. The number of carbonyl (C=O) groups is 1. The van der Waals surface area contributed by atoms with Gasteiger partial charge in [0.2, 0.25) is 0 Å². The van der Waals surface area contributed by atoms with Gasteiger partial charge in [0.25, 0.3) is 0 Å². The summed E-state index contributed by atoms with van der Waals surface area (Å²) in [6.45, 7) is 2.48. The zero-order valence-corrected chi connectivity index (χ0v) is 14.5. The van der Waals surface area contributed by atoms with Gasteiger partial charge in [0.1, 0.15) is 11.9 Å². The van der Waals surface area contributed by atoms with Crippen LogP contribution in [0.2, 0.25) is 0 Å². The number of ether oxygens (including phenoxy) is 2. The van der Waals surface area contributed by atoms with Gasteiger partial charge in [0.05, 0.1) is 39.9 Å². The number of methoxy groups -OCH3 is 1. The average molecular weight is 318 g/mol. The number of rotatable bonds is 3. The van der Waals surface area contributed by atoms with Crippen molar-refractivity contribution in [2.75, 3.05) is 34.3 Å². The summed E-state index contributed by atoms with van der Waals surface area (Å²) in [5.74, 6) is 2.07. The quantitative estimate of drug-likeness (QED) is 0.634. The van der Waals surface area contributed by atoms with Crippen LogP contribution in [0.4, 0.5) is 0 Å². The van der Waals surface area contributed by atoms with Gasteiger partial charge in [-0.1, -0.05) is 0 Å². The Labute approximate surface area is 139 Å². The molecule has 0 N–H and O–H groups in total. The molecule has 0 aromatic heterocycles. The molecule has 0 spiro atoms. The summed E-state index contributed by atoms with van der Waals surface area (Å²) in [6, 6.07) is 7.14. The Balaban J connectivity index is 1.58. The van der Waals surface area contributed by atoms with E-state index < -0.39 is 0 Å². The van der Waals surface area contributed by atoms with E-state index in [1.54, 1.807) is 31.4 Å². The number of benzene rings is 1. The van der Waals surface area contributed by atoms with E-state index in [0.717, 1.165) is 29.0 Å². The van der Waals surface area contributed by atoms with Crippen molar-refractivity contribution in [2.24, 2.45) is 11.8 Å². The number of fused-ring (bicyclic) bond motifs is 1. The zero-order chi connectivity index (χ0) is 16.4. The highest BCUT2D eigenvalue weighted by atomic mass is 16.5. The molecule has 1 saturated heterocycles. The van der Waals surface area contributed by atoms with Crippen LogP contribution in [-0.2, 0) is 4.74 Å². The molecule has 0 bridgehead atoms. The second kappa shape index (κ2) is 6.52. The molecule has 1 aliphatic heterocycles. The fourth-order valence-corrected chi connectivity index (χ4v) is 4.18. The minimum Gasteiger partial charge on any atom is -0.497 e. The van der Waals surface area contributed by atoms with Crippen LogP contribution in [0.3, 0.4) is 0 Å². The smallest absolute Gasteiger partial charge is 0.338 e. The highest BCUT2D eigenvalue weighted by Crippen LogP contribution is 2.38. The van der Waals surface area contributed by atoms with Gasteiger partial charge in [-0.2, -0.15) is 0 Å². The second-order valence-corrected chi connectivity index (χ2v) is 7.72. The molecule has 3 atom stereocenters. The zero-order valence-electron chi connectivity index (χ0n) is 14.5. The average Bonchev–Trinajstić information content (AvgIpc) is 2.53. The number of quaternary nitrogens is 1. The van der Waals surface area contributed by atoms with Gasteiger partial charge in [-0.25, -0.2) is 4.79 Å². The fraction of sp³-hybridized carbons (Fsp3) is 0.632. The van der Waals surface area contributed by atoms with Gasteiger partial charge in [0, 0.05) is 5.92 Å². The maximum absolute atomic E-state index is 12.3. The van der Waals surface area contributed by atoms with Crippen LogP contribution in [0, 0.1) is 11.8 Å². The molecule has 1 aromatic rings. The molecule has 4 nitrogen and oxygen atoms in total. The Morgan fingerprint density at radius 1 is 1.09 bits per heavy atom. The maximum Gasteiger partial charge on any atom is 0.338 e. The lowest BCUT2D eigenvalue weighted by Crippen LogP contribution is -2.52. The third-order valence-electron chi connectivity index (χ3n) is 5.53. The molecule has 0 unspecified atom stereocenters. The molecule has 3 rings (SSSR count). The van der Waals surface area contributed by atoms with Crippen molar-refractivity contribution in [3.8, 4) is 5.75 Å². The van der Waals surface area contributed by atoms with Crippen LogP contribution in [0.25, 0.3) is 0 Å². The number of likely N-dealkylation sites (tertiary alicyclic amines) is 1. The summed E-state index contributed by atoms with van der Waals surface area (Å²) in [4.78, 5) is 12.3. The first kappa shape index (κ1) is 16.3. The van der Waals surface area contributed by atoms with E-state index in [4.69, 9.17) is 9.47 Å². The molecule has 1 aromatic carbocycles. The van der Waals surface area contributed by atoms with Gasteiger partial charge >= 0.3 is 5.97 Å². The SMILES string of the molecule is COc1ccc(C(=O)O[C@H]2CC[C@H]3CC[N+](C)(C)C[C@H]3C2)cc1. The van der Waals surface area contributed by atoms with Gasteiger partial charge in [-0.3, -0.25) is 0 Å². The summed E-state index contributed by atoms with van der Waals surface area (Å²) in [5.41, 5.74) is 0.604. The van der Waals surface area contributed by atoms with E-state index in [-0.39, 0.29) is 12.1 Å². The highest BCUT2D eigenvalue weighted by molar-refractivity contribution is 5.89. The fourth-order valence-electron chi connectivity index (χ4n) is 4.18. The van der Waals surface area contributed by atoms with Crippen LogP contribution in [-0.4, -0.2) is 50.9 Å². The van der Waals surface area contributed by atoms with Gasteiger partial charge in [0.15, 0.2) is 0 Å². The van der Waals surface area contributed by atoms with E-state index in [1.165, 1.54) is 25.9 Å². The van der Waals surface area contributed by atoms with E-state index in [0.29, 0.717) is 11.5 Å². The molecule has 126 valence electrons. The Bertz CT molecular complexity index is 552. The minimum absolute atomic E-state index is 0.0731. The lowest BCUT2D eigenvalue weighted by atomic mass is 9.73. The lowest BCUT2D eigenvalue weighted by Gasteiger charge is -2.45. The summed E-state index contributed by atoms with van der Waals surface area (Å²) < 4.78 is 12.0. The lowest BCUT2D eigenvalue weighted by molar-refractivity contribution is -0.900. The van der Waals surface area contributed by atoms with E-state index >= 15 is 0 Å². The molecule has 2 aliphatic rings.